The lowest BCUT2D eigenvalue weighted by atomic mass is 10.2. The van der Waals surface area contributed by atoms with Crippen LogP contribution < -0.4 is 5.32 Å². The first-order valence-electron chi connectivity index (χ1n) is 5.24. The number of hydrogen-bond acceptors (Lipinski definition) is 3. The third-order valence-corrected chi connectivity index (χ3v) is 2.69. The fourth-order valence-corrected chi connectivity index (χ4v) is 1.68. The third kappa shape index (κ3) is 3.51. The highest BCUT2D eigenvalue weighted by atomic mass is 35.5. The fourth-order valence-electron chi connectivity index (χ4n) is 1.45. The molecule has 2 aromatic rings. The molecule has 0 amide bonds. The highest BCUT2D eigenvalue weighted by Gasteiger charge is 2.01. The summed E-state index contributed by atoms with van der Waals surface area (Å²) in [5, 5.41) is 10.2. The molecule has 17 heavy (non-hydrogen) atoms. The van der Waals surface area contributed by atoms with Crippen molar-refractivity contribution in [3.63, 3.8) is 0 Å². The smallest absolute Gasteiger partial charge is 0.137 e. The van der Waals surface area contributed by atoms with E-state index >= 15 is 0 Å². The molecule has 0 aliphatic carbocycles. The average molecular weight is 255 g/mol. The monoisotopic (exact) mass is 254 g/mol. The molecule has 0 fully saturated rings. The predicted molar refractivity (Wildman–Crippen MR) is 63.2 cm³/mol. The van der Waals surface area contributed by atoms with Gasteiger partial charge in [0.15, 0.2) is 0 Å². The zero-order chi connectivity index (χ0) is 12.1. The number of hydrogen-bond donors (Lipinski definition) is 2. The van der Waals surface area contributed by atoms with Crippen LogP contribution in [0.2, 0.25) is 5.02 Å². The van der Waals surface area contributed by atoms with Crippen LogP contribution in [0, 0.1) is 5.82 Å². The summed E-state index contributed by atoms with van der Waals surface area (Å²) in [5.41, 5.74) is 0.880. The Morgan fingerprint density at radius 3 is 3.00 bits per heavy atom. The molecular weight excluding hydrogens is 243 g/mol. The van der Waals surface area contributed by atoms with E-state index < -0.39 is 0 Å². The summed E-state index contributed by atoms with van der Waals surface area (Å²) in [6.07, 6.45) is 2.24. The van der Waals surface area contributed by atoms with E-state index in [-0.39, 0.29) is 5.82 Å². The molecule has 0 bridgehead atoms. The second-order valence-corrected chi connectivity index (χ2v) is 4.00. The molecule has 6 heteroatoms. The highest BCUT2D eigenvalue weighted by Crippen LogP contribution is 2.16. The van der Waals surface area contributed by atoms with E-state index in [4.69, 9.17) is 11.6 Å². The molecule has 1 aromatic heterocycles. The molecule has 0 spiro atoms. The van der Waals surface area contributed by atoms with Gasteiger partial charge in [-0.05, 0) is 17.7 Å². The Bertz CT molecular complexity index is 472. The van der Waals surface area contributed by atoms with Gasteiger partial charge in [0.2, 0.25) is 0 Å². The maximum Gasteiger partial charge on any atom is 0.137 e. The van der Waals surface area contributed by atoms with Crippen LogP contribution in [-0.2, 0) is 13.0 Å². The number of benzene rings is 1. The molecular formula is C11H12ClFN4. The van der Waals surface area contributed by atoms with E-state index in [0.29, 0.717) is 11.6 Å². The second kappa shape index (κ2) is 5.75. The van der Waals surface area contributed by atoms with Crippen LogP contribution in [0.4, 0.5) is 4.39 Å². The van der Waals surface area contributed by atoms with Crippen LogP contribution in [0.25, 0.3) is 0 Å². The standard InChI is InChI=1S/C11H12ClFN4/c12-10-5-9(13)2-1-8(10)6-14-4-3-11-15-7-16-17-11/h1-2,5,7,14H,3-4,6H2,(H,15,16,17). The summed E-state index contributed by atoms with van der Waals surface area (Å²) in [5.74, 6) is 0.517. The minimum Gasteiger partial charge on any atom is -0.312 e. The molecule has 1 aromatic carbocycles. The zero-order valence-corrected chi connectivity index (χ0v) is 9.84. The van der Waals surface area contributed by atoms with Crippen molar-refractivity contribution in [3.8, 4) is 0 Å². The molecule has 4 nitrogen and oxygen atoms in total. The fraction of sp³-hybridized carbons (Fsp3) is 0.273. The topological polar surface area (TPSA) is 53.6 Å². The van der Waals surface area contributed by atoms with Gasteiger partial charge in [0, 0.05) is 24.5 Å². The van der Waals surface area contributed by atoms with Crippen molar-refractivity contribution in [2.45, 2.75) is 13.0 Å². The molecule has 0 saturated carbocycles. The molecule has 0 aliphatic heterocycles. The first-order chi connectivity index (χ1) is 8.25. The molecule has 2 rings (SSSR count). The van der Waals surface area contributed by atoms with Gasteiger partial charge in [-0.2, -0.15) is 5.10 Å². The SMILES string of the molecule is Fc1ccc(CNCCc2ncn[nH]2)c(Cl)c1. The first kappa shape index (κ1) is 12.0. The number of rotatable bonds is 5. The first-order valence-corrected chi connectivity index (χ1v) is 5.62. The van der Waals surface area contributed by atoms with Crippen LogP contribution >= 0.6 is 11.6 Å². The number of aromatic nitrogens is 3. The van der Waals surface area contributed by atoms with Crippen molar-refractivity contribution < 1.29 is 4.39 Å². The lowest BCUT2D eigenvalue weighted by Gasteiger charge is -2.05. The quantitative estimate of drug-likeness (QED) is 0.802. The van der Waals surface area contributed by atoms with Crippen LogP contribution in [0.3, 0.4) is 0 Å². The van der Waals surface area contributed by atoms with Gasteiger partial charge in [0.1, 0.15) is 18.0 Å². The normalized spacial score (nSPS) is 10.7. The van der Waals surface area contributed by atoms with Gasteiger partial charge in [0.25, 0.3) is 0 Å². The van der Waals surface area contributed by atoms with Crippen LogP contribution in [-0.4, -0.2) is 21.7 Å². The number of aromatic amines is 1. The predicted octanol–water partition coefficient (Wildman–Crippen LogP) is 1.93. The Hall–Kier alpha value is -1.46. The zero-order valence-electron chi connectivity index (χ0n) is 9.08. The van der Waals surface area contributed by atoms with Crippen LogP contribution in [0.1, 0.15) is 11.4 Å². The van der Waals surface area contributed by atoms with E-state index in [2.05, 4.69) is 20.5 Å². The van der Waals surface area contributed by atoms with E-state index in [9.17, 15) is 4.39 Å². The van der Waals surface area contributed by atoms with Crippen molar-refractivity contribution in [1.82, 2.24) is 20.5 Å². The van der Waals surface area contributed by atoms with Crippen molar-refractivity contribution in [3.05, 3.63) is 46.8 Å². The van der Waals surface area contributed by atoms with Crippen molar-refractivity contribution in [2.24, 2.45) is 0 Å². The van der Waals surface area contributed by atoms with E-state index in [1.807, 2.05) is 0 Å². The lowest BCUT2D eigenvalue weighted by Crippen LogP contribution is -2.17. The molecule has 0 unspecified atom stereocenters. The van der Waals surface area contributed by atoms with E-state index in [1.165, 1.54) is 18.5 Å². The molecule has 0 saturated heterocycles. The maximum absolute atomic E-state index is 12.8. The van der Waals surface area contributed by atoms with E-state index in [0.717, 1.165) is 24.4 Å². The van der Waals surface area contributed by atoms with Gasteiger partial charge in [-0.25, -0.2) is 9.37 Å². The van der Waals surface area contributed by atoms with Gasteiger partial charge in [-0.15, -0.1) is 0 Å². The maximum atomic E-state index is 12.8. The molecule has 0 atom stereocenters. The molecule has 2 N–H and O–H groups in total. The minimum absolute atomic E-state index is 0.319. The summed E-state index contributed by atoms with van der Waals surface area (Å²) in [4.78, 5) is 4.01. The van der Waals surface area contributed by atoms with Crippen molar-refractivity contribution >= 4 is 11.6 Å². The lowest BCUT2D eigenvalue weighted by molar-refractivity contribution is 0.624. The summed E-state index contributed by atoms with van der Waals surface area (Å²) in [6, 6.07) is 4.40. The minimum atomic E-state index is -0.319. The Kier molecular flexibility index (Phi) is 4.06. The van der Waals surface area contributed by atoms with Crippen molar-refractivity contribution in [2.75, 3.05) is 6.54 Å². The van der Waals surface area contributed by atoms with Gasteiger partial charge < -0.3 is 5.32 Å². The Labute approximate surface area is 103 Å². The molecule has 0 radical (unpaired) electrons. The number of halogens is 2. The molecule has 1 heterocycles. The third-order valence-electron chi connectivity index (χ3n) is 2.33. The Morgan fingerprint density at radius 1 is 1.41 bits per heavy atom. The highest BCUT2D eigenvalue weighted by molar-refractivity contribution is 6.31. The summed E-state index contributed by atoms with van der Waals surface area (Å²) >= 11 is 5.90. The van der Waals surface area contributed by atoms with Crippen LogP contribution in [0.15, 0.2) is 24.5 Å². The van der Waals surface area contributed by atoms with E-state index in [1.54, 1.807) is 6.07 Å². The average Bonchev–Trinajstić information content (AvgIpc) is 2.79. The summed E-state index contributed by atoms with van der Waals surface area (Å²) < 4.78 is 12.8. The van der Waals surface area contributed by atoms with Gasteiger partial charge >= 0.3 is 0 Å². The van der Waals surface area contributed by atoms with Gasteiger partial charge in [-0.3, -0.25) is 5.10 Å². The summed E-state index contributed by atoms with van der Waals surface area (Å²) in [7, 11) is 0. The van der Waals surface area contributed by atoms with Gasteiger partial charge in [0.05, 0.1) is 0 Å². The molecule has 90 valence electrons. The second-order valence-electron chi connectivity index (χ2n) is 3.59. The number of nitrogens with one attached hydrogen (secondary N) is 2. The largest absolute Gasteiger partial charge is 0.312 e. The van der Waals surface area contributed by atoms with Crippen molar-refractivity contribution in [1.29, 1.82) is 0 Å². The van der Waals surface area contributed by atoms with Crippen LogP contribution in [0.5, 0.6) is 0 Å². The number of H-pyrrole nitrogens is 1. The Morgan fingerprint density at radius 2 is 2.29 bits per heavy atom. The van der Waals surface area contributed by atoms with Gasteiger partial charge in [-0.1, -0.05) is 17.7 Å². The summed E-state index contributed by atoms with van der Waals surface area (Å²) in [6.45, 7) is 1.36. The Balaban J connectivity index is 1.78. The number of nitrogens with zero attached hydrogens (tertiary/aromatic N) is 2. The molecule has 0 aliphatic rings.